The minimum absolute atomic E-state index is 0.224. The Bertz CT molecular complexity index is 1170. The van der Waals surface area contributed by atoms with Crippen molar-refractivity contribution in [1.82, 2.24) is 4.90 Å². The summed E-state index contributed by atoms with van der Waals surface area (Å²) in [6, 6.07) is 19.4. The van der Waals surface area contributed by atoms with Crippen LogP contribution in [0.5, 0.6) is 5.75 Å². The van der Waals surface area contributed by atoms with Crippen molar-refractivity contribution in [1.29, 1.82) is 0 Å². The lowest BCUT2D eigenvalue weighted by atomic mass is 10.1. The molecule has 0 radical (unpaired) electrons. The molecule has 2 aromatic carbocycles. The molecule has 5 rings (SSSR count). The largest absolute Gasteiger partial charge is 0.539 e. The predicted molar refractivity (Wildman–Crippen MR) is 115 cm³/mol. The van der Waals surface area contributed by atoms with E-state index in [9.17, 15) is 9.59 Å². The third kappa shape index (κ3) is 3.18. The summed E-state index contributed by atoms with van der Waals surface area (Å²) in [7, 11) is -1.95. The number of fused-ring (bicyclic) bond motifs is 2. The lowest BCUT2D eigenvalue weighted by Crippen LogP contribution is -2.40. The normalized spacial score (nSPS) is 14.4. The van der Waals surface area contributed by atoms with Gasteiger partial charge in [0.15, 0.2) is 5.58 Å². The Kier molecular flexibility index (Phi) is 4.53. The number of imide groups is 1. The summed E-state index contributed by atoms with van der Waals surface area (Å²) in [6.07, 6.45) is 1.65. The first kappa shape index (κ1) is 17.9. The van der Waals surface area contributed by atoms with Crippen LogP contribution in [0, 0.1) is 0 Å². The van der Waals surface area contributed by atoms with Gasteiger partial charge in [0, 0.05) is 16.4 Å². The quantitative estimate of drug-likeness (QED) is 0.352. The van der Waals surface area contributed by atoms with Crippen molar-refractivity contribution in [3.8, 4) is 5.75 Å². The van der Waals surface area contributed by atoms with Crippen LogP contribution < -0.4 is 8.93 Å². The zero-order valence-electron chi connectivity index (χ0n) is 15.4. The molecule has 5 nitrogen and oxygen atoms in total. The van der Waals surface area contributed by atoms with Gasteiger partial charge in [-0.1, -0.05) is 30.3 Å². The first-order valence-electron chi connectivity index (χ1n) is 9.34. The SMILES string of the molecule is O=C1c2ccccc2C(=O)N1CC[Si@H](Oc1cccc2ccoc12)c1cccs1. The summed E-state index contributed by atoms with van der Waals surface area (Å²) in [5, 5.41) is 3.01. The Hall–Kier alpha value is -3.16. The highest BCUT2D eigenvalue weighted by Crippen LogP contribution is 2.28. The molecule has 3 heterocycles. The molecule has 29 heavy (non-hydrogen) atoms. The maximum atomic E-state index is 12.7. The first-order valence-corrected chi connectivity index (χ1v) is 12.1. The van der Waals surface area contributed by atoms with Gasteiger partial charge in [-0.25, -0.2) is 0 Å². The van der Waals surface area contributed by atoms with Crippen molar-refractivity contribution >= 4 is 47.7 Å². The van der Waals surface area contributed by atoms with Gasteiger partial charge in [-0.15, -0.1) is 0 Å². The average molecular weight is 420 g/mol. The van der Waals surface area contributed by atoms with E-state index in [1.807, 2.05) is 35.7 Å². The van der Waals surface area contributed by atoms with E-state index in [1.54, 1.807) is 41.9 Å². The number of hydrogen-bond donors (Lipinski definition) is 0. The van der Waals surface area contributed by atoms with E-state index in [-0.39, 0.29) is 11.8 Å². The number of furan rings is 1. The minimum Gasteiger partial charge on any atom is -0.539 e. The van der Waals surface area contributed by atoms with Crippen molar-refractivity contribution in [2.45, 2.75) is 6.04 Å². The lowest BCUT2D eigenvalue weighted by Gasteiger charge is -2.20. The van der Waals surface area contributed by atoms with Crippen LogP contribution in [0.15, 0.2) is 76.7 Å². The van der Waals surface area contributed by atoms with Gasteiger partial charge in [-0.3, -0.25) is 14.5 Å². The molecule has 0 unspecified atom stereocenters. The van der Waals surface area contributed by atoms with Gasteiger partial charge in [-0.2, -0.15) is 11.3 Å². The number of para-hydroxylation sites is 1. The molecule has 1 aliphatic rings. The number of rotatable bonds is 6. The summed E-state index contributed by atoms with van der Waals surface area (Å²) >= 11 is 1.65. The van der Waals surface area contributed by atoms with Gasteiger partial charge in [0.2, 0.25) is 0 Å². The van der Waals surface area contributed by atoms with E-state index in [1.165, 1.54) is 9.40 Å². The number of nitrogens with zero attached hydrogens (tertiary/aromatic N) is 1. The summed E-state index contributed by atoms with van der Waals surface area (Å²) in [4.78, 5) is 26.7. The molecule has 0 fully saturated rings. The van der Waals surface area contributed by atoms with E-state index >= 15 is 0 Å². The fraction of sp³-hybridized carbons (Fsp3) is 0.0909. The summed E-state index contributed by atoms with van der Waals surface area (Å²) in [5.74, 6) is 0.259. The molecule has 2 amide bonds. The van der Waals surface area contributed by atoms with Gasteiger partial charge >= 0.3 is 0 Å². The average Bonchev–Trinajstić information content (AvgIpc) is 3.48. The molecule has 144 valence electrons. The Morgan fingerprint density at radius 2 is 1.72 bits per heavy atom. The van der Waals surface area contributed by atoms with Crippen molar-refractivity contribution in [2.24, 2.45) is 0 Å². The van der Waals surface area contributed by atoms with E-state index in [2.05, 4.69) is 6.07 Å². The highest BCUT2D eigenvalue weighted by atomic mass is 32.1. The van der Waals surface area contributed by atoms with E-state index in [0.717, 1.165) is 11.0 Å². The molecule has 4 aromatic rings. The summed E-state index contributed by atoms with van der Waals surface area (Å²) in [6.45, 7) is 0.343. The van der Waals surface area contributed by atoms with Crippen LogP contribution in [0.2, 0.25) is 6.04 Å². The van der Waals surface area contributed by atoms with Crippen molar-refractivity contribution in [2.75, 3.05) is 6.54 Å². The number of carbonyl (C=O) groups excluding carboxylic acids is 2. The molecule has 1 aliphatic heterocycles. The predicted octanol–water partition coefficient (Wildman–Crippen LogP) is 3.80. The number of thiophene rings is 1. The van der Waals surface area contributed by atoms with Crippen LogP contribution in [-0.4, -0.2) is 32.3 Å². The number of benzene rings is 2. The Labute approximate surface area is 172 Å². The Morgan fingerprint density at radius 3 is 2.45 bits per heavy atom. The fourth-order valence-corrected chi connectivity index (χ4v) is 7.28. The van der Waals surface area contributed by atoms with Crippen LogP contribution in [-0.2, 0) is 0 Å². The molecule has 0 bridgehead atoms. The molecule has 7 heteroatoms. The molecule has 0 saturated heterocycles. The topological polar surface area (TPSA) is 59.8 Å². The van der Waals surface area contributed by atoms with Crippen molar-refractivity contribution in [3.63, 3.8) is 0 Å². The van der Waals surface area contributed by atoms with Crippen LogP contribution in [0.25, 0.3) is 11.0 Å². The molecule has 0 saturated carbocycles. The van der Waals surface area contributed by atoms with Gasteiger partial charge < -0.3 is 8.84 Å². The van der Waals surface area contributed by atoms with Gasteiger partial charge in [0.1, 0.15) is 5.75 Å². The molecule has 0 aliphatic carbocycles. The fourth-order valence-electron chi connectivity index (χ4n) is 3.63. The first-order chi connectivity index (χ1) is 14.2. The Balaban J connectivity index is 1.39. The third-order valence-corrected chi connectivity index (χ3v) is 9.11. The van der Waals surface area contributed by atoms with Crippen LogP contribution >= 0.6 is 11.3 Å². The molecule has 2 aromatic heterocycles. The second kappa shape index (κ2) is 7.34. The van der Waals surface area contributed by atoms with E-state index in [0.29, 0.717) is 29.5 Å². The maximum Gasteiger partial charge on any atom is 0.278 e. The van der Waals surface area contributed by atoms with E-state index in [4.69, 9.17) is 8.84 Å². The van der Waals surface area contributed by atoms with Crippen LogP contribution in [0.4, 0.5) is 0 Å². The molecular weight excluding hydrogens is 402 g/mol. The zero-order valence-corrected chi connectivity index (χ0v) is 17.4. The number of amides is 2. The highest BCUT2D eigenvalue weighted by Gasteiger charge is 2.35. The van der Waals surface area contributed by atoms with Crippen LogP contribution in [0.1, 0.15) is 20.7 Å². The second-order valence-corrected chi connectivity index (χ2v) is 10.6. The Morgan fingerprint density at radius 1 is 0.931 bits per heavy atom. The standard InChI is InChI=1S/C22H17NO4SSi/c24-21-16-6-1-2-7-17(16)22(25)23(21)11-14-29(19-9-4-13-28-19)27-18-8-3-5-15-10-12-26-20(15)18/h1-10,12-13,29H,11,14H2/t29-/m0/s1. The second-order valence-electron chi connectivity index (χ2n) is 6.81. The van der Waals surface area contributed by atoms with Crippen LogP contribution in [0.3, 0.4) is 0 Å². The van der Waals surface area contributed by atoms with Crippen molar-refractivity contribution < 1.29 is 18.4 Å². The third-order valence-electron chi connectivity index (χ3n) is 5.07. The van der Waals surface area contributed by atoms with Crippen molar-refractivity contribution in [3.05, 3.63) is 83.4 Å². The molecule has 1 atom stereocenters. The molecule has 0 spiro atoms. The number of hydrogen-bond acceptors (Lipinski definition) is 5. The lowest BCUT2D eigenvalue weighted by molar-refractivity contribution is 0.0662. The highest BCUT2D eigenvalue weighted by molar-refractivity contribution is 7.21. The molecular formula is C22H17NO4SSi. The maximum absolute atomic E-state index is 12.7. The number of carbonyl (C=O) groups is 2. The van der Waals surface area contributed by atoms with E-state index < -0.39 is 9.04 Å². The van der Waals surface area contributed by atoms with Gasteiger partial charge in [-0.05, 0) is 41.8 Å². The molecule has 0 N–H and O–H groups in total. The summed E-state index contributed by atoms with van der Waals surface area (Å²) < 4.78 is 13.2. The van der Waals surface area contributed by atoms with Gasteiger partial charge in [0.25, 0.3) is 20.9 Å². The summed E-state index contributed by atoms with van der Waals surface area (Å²) in [5.41, 5.74) is 1.68. The van der Waals surface area contributed by atoms with Gasteiger partial charge in [0.05, 0.1) is 17.4 Å². The zero-order chi connectivity index (χ0) is 19.8. The smallest absolute Gasteiger partial charge is 0.278 e. The minimum atomic E-state index is -1.95. The monoisotopic (exact) mass is 419 g/mol.